The quantitative estimate of drug-likeness (QED) is 0.764. The van der Waals surface area contributed by atoms with Gasteiger partial charge in [-0.1, -0.05) is 17.7 Å². The molecule has 0 aromatic heterocycles. The molecule has 0 radical (unpaired) electrons. The van der Waals surface area contributed by atoms with Crippen molar-refractivity contribution in [3.63, 3.8) is 0 Å². The van der Waals surface area contributed by atoms with Crippen molar-refractivity contribution in [1.29, 1.82) is 0 Å². The van der Waals surface area contributed by atoms with Crippen LogP contribution in [0.3, 0.4) is 0 Å². The number of nitrogens with zero attached hydrogens (tertiary/aromatic N) is 3. The largest absolute Gasteiger partial charge is 0.369 e. The van der Waals surface area contributed by atoms with Gasteiger partial charge in [-0.3, -0.25) is 24.2 Å². The molecule has 1 N–H and O–H groups in total. The van der Waals surface area contributed by atoms with Crippen LogP contribution in [0.4, 0.5) is 5.69 Å². The predicted octanol–water partition coefficient (Wildman–Crippen LogP) is 0.726. The van der Waals surface area contributed by atoms with Crippen molar-refractivity contribution in [3.05, 3.63) is 29.3 Å². The lowest BCUT2D eigenvalue weighted by atomic mass is 10.2. The number of carbonyl (C=O) groups excluding carboxylic acids is 3. The number of hydrogen-bond donors (Lipinski definition) is 1. The van der Waals surface area contributed by atoms with Crippen LogP contribution < -0.4 is 10.2 Å². The number of anilines is 1. The fourth-order valence-electron chi connectivity index (χ4n) is 3.42. The molecule has 0 unspecified atom stereocenters. The fraction of sp³-hybridized carbons (Fsp3) is 0.500. The highest BCUT2D eigenvalue weighted by atomic mass is 35.5. The topological polar surface area (TPSA) is 73.0 Å². The Balaban J connectivity index is 1.47. The number of likely N-dealkylation sites (tertiary alicyclic amines) is 1. The number of rotatable bonds is 5. The van der Waals surface area contributed by atoms with Crippen molar-refractivity contribution < 1.29 is 14.4 Å². The number of hydrogen-bond acceptors (Lipinski definition) is 5. The van der Waals surface area contributed by atoms with Crippen LogP contribution in [0.5, 0.6) is 0 Å². The van der Waals surface area contributed by atoms with Gasteiger partial charge in [0.05, 0.1) is 6.42 Å². The minimum atomic E-state index is -0.709. The minimum Gasteiger partial charge on any atom is -0.369 e. The molecule has 1 atom stereocenters. The molecule has 8 heteroatoms. The number of carbonyl (C=O) groups is 3. The molecule has 2 fully saturated rings. The third kappa shape index (κ3) is 4.34. The molecule has 0 bridgehead atoms. The maximum atomic E-state index is 12.2. The molecule has 1 aromatic carbocycles. The second-order valence-electron chi connectivity index (χ2n) is 6.65. The third-order valence-electron chi connectivity index (χ3n) is 4.81. The maximum Gasteiger partial charge on any atom is 0.252 e. The van der Waals surface area contributed by atoms with Crippen LogP contribution in [-0.4, -0.2) is 72.8 Å². The monoisotopic (exact) mass is 378 g/mol. The van der Waals surface area contributed by atoms with E-state index in [4.69, 9.17) is 11.6 Å². The molecule has 0 spiro atoms. The smallest absolute Gasteiger partial charge is 0.252 e. The molecular formula is C18H23ClN4O3. The molecule has 2 aliphatic heterocycles. The summed E-state index contributed by atoms with van der Waals surface area (Å²) >= 11 is 6.05. The first-order valence-electron chi connectivity index (χ1n) is 8.78. The first-order valence-corrected chi connectivity index (χ1v) is 9.16. The van der Waals surface area contributed by atoms with Gasteiger partial charge in [-0.05, 0) is 18.2 Å². The molecule has 0 saturated carbocycles. The number of nitrogens with one attached hydrogen (secondary N) is 1. The highest BCUT2D eigenvalue weighted by Gasteiger charge is 2.38. The van der Waals surface area contributed by atoms with Gasteiger partial charge >= 0.3 is 0 Å². The minimum absolute atomic E-state index is 0.0565. The Labute approximate surface area is 157 Å². The summed E-state index contributed by atoms with van der Waals surface area (Å²) in [5.41, 5.74) is 1.11. The number of imide groups is 1. The van der Waals surface area contributed by atoms with Crippen LogP contribution >= 0.6 is 11.6 Å². The zero-order valence-corrected chi connectivity index (χ0v) is 15.5. The molecule has 26 heavy (non-hydrogen) atoms. The summed E-state index contributed by atoms with van der Waals surface area (Å²) in [4.78, 5) is 41.2. The summed E-state index contributed by atoms with van der Waals surface area (Å²) in [6.45, 7) is 5.82. The van der Waals surface area contributed by atoms with E-state index >= 15 is 0 Å². The van der Waals surface area contributed by atoms with E-state index in [1.54, 1.807) is 0 Å². The van der Waals surface area contributed by atoms with Gasteiger partial charge in [0.2, 0.25) is 11.8 Å². The average Bonchev–Trinajstić information content (AvgIpc) is 2.86. The summed E-state index contributed by atoms with van der Waals surface area (Å²) in [5, 5.41) is 3.26. The number of benzene rings is 1. The lowest BCUT2D eigenvalue weighted by Gasteiger charge is -2.36. The van der Waals surface area contributed by atoms with Gasteiger partial charge in [-0.25, -0.2) is 0 Å². The Morgan fingerprint density at radius 3 is 2.58 bits per heavy atom. The highest BCUT2D eigenvalue weighted by molar-refractivity contribution is 6.30. The van der Waals surface area contributed by atoms with Crippen LogP contribution in [-0.2, 0) is 14.4 Å². The Hall–Kier alpha value is -2.12. The molecule has 1 aromatic rings. The predicted molar refractivity (Wildman–Crippen MR) is 99.0 cm³/mol. The van der Waals surface area contributed by atoms with Crippen molar-refractivity contribution in [1.82, 2.24) is 15.1 Å². The number of amides is 3. The SMILES string of the molecule is CC(=O)N[C@H]1CC(=O)N(CCN2CCN(c3cccc(Cl)c3)CC2)C1=O. The second-order valence-corrected chi connectivity index (χ2v) is 7.09. The zero-order chi connectivity index (χ0) is 18.7. The third-order valence-corrected chi connectivity index (χ3v) is 5.04. The van der Waals surface area contributed by atoms with Crippen molar-refractivity contribution in [2.45, 2.75) is 19.4 Å². The van der Waals surface area contributed by atoms with E-state index in [1.807, 2.05) is 24.3 Å². The molecular weight excluding hydrogens is 356 g/mol. The van der Waals surface area contributed by atoms with Crippen molar-refractivity contribution >= 4 is 35.0 Å². The van der Waals surface area contributed by atoms with E-state index in [0.717, 1.165) is 36.9 Å². The van der Waals surface area contributed by atoms with Gasteiger partial charge in [0.1, 0.15) is 6.04 Å². The van der Waals surface area contributed by atoms with E-state index in [1.165, 1.54) is 11.8 Å². The van der Waals surface area contributed by atoms with Gasteiger partial charge in [0, 0.05) is 56.9 Å². The standard InChI is InChI=1S/C18H23ClN4O3/c1-13(24)20-16-12-17(25)23(18(16)26)10-7-21-5-8-22(9-6-21)15-4-2-3-14(19)11-15/h2-4,11,16H,5-10,12H2,1H3,(H,20,24)/t16-/m0/s1. The lowest BCUT2D eigenvalue weighted by Crippen LogP contribution is -2.49. The summed E-state index contributed by atoms with van der Waals surface area (Å²) in [6.07, 6.45) is 0.0565. The van der Waals surface area contributed by atoms with Gasteiger partial charge < -0.3 is 10.2 Å². The Kier molecular flexibility index (Phi) is 5.78. The molecule has 0 aliphatic carbocycles. The van der Waals surface area contributed by atoms with Gasteiger partial charge in [0.15, 0.2) is 0 Å². The number of piperazine rings is 1. The van der Waals surface area contributed by atoms with E-state index in [9.17, 15) is 14.4 Å². The Morgan fingerprint density at radius 1 is 1.19 bits per heavy atom. The zero-order valence-electron chi connectivity index (χ0n) is 14.8. The van der Waals surface area contributed by atoms with E-state index in [0.29, 0.717) is 13.1 Å². The molecule has 2 heterocycles. The normalized spacial score (nSPS) is 21.4. The van der Waals surface area contributed by atoms with Crippen molar-refractivity contribution in [2.75, 3.05) is 44.2 Å². The van der Waals surface area contributed by atoms with Gasteiger partial charge in [0.25, 0.3) is 5.91 Å². The van der Waals surface area contributed by atoms with Crippen molar-refractivity contribution in [3.8, 4) is 0 Å². The Bertz CT molecular complexity index is 703. The van der Waals surface area contributed by atoms with Gasteiger partial charge in [-0.2, -0.15) is 0 Å². The average molecular weight is 379 g/mol. The van der Waals surface area contributed by atoms with Gasteiger partial charge in [-0.15, -0.1) is 0 Å². The summed E-state index contributed by atoms with van der Waals surface area (Å²) in [6, 6.07) is 7.10. The molecule has 2 aliphatic rings. The van der Waals surface area contributed by atoms with E-state index in [2.05, 4.69) is 15.1 Å². The molecule has 3 rings (SSSR count). The number of halogens is 1. The first kappa shape index (κ1) is 18.7. The maximum absolute atomic E-state index is 12.2. The Morgan fingerprint density at radius 2 is 1.92 bits per heavy atom. The van der Waals surface area contributed by atoms with Crippen LogP contribution in [0.25, 0.3) is 0 Å². The van der Waals surface area contributed by atoms with Crippen molar-refractivity contribution in [2.24, 2.45) is 0 Å². The summed E-state index contributed by atoms with van der Waals surface area (Å²) in [7, 11) is 0. The fourth-order valence-corrected chi connectivity index (χ4v) is 3.60. The molecule has 7 nitrogen and oxygen atoms in total. The van der Waals surface area contributed by atoms with Crippen LogP contribution in [0.2, 0.25) is 5.02 Å². The molecule has 2 saturated heterocycles. The van der Waals surface area contributed by atoms with E-state index < -0.39 is 6.04 Å². The summed E-state index contributed by atoms with van der Waals surface area (Å²) < 4.78 is 0. The van der Waals surface area contributed by atoms with E-state index in [-0.39, 0.29) is 24.1 Å². The summed E-state index contributed by atoms with van der Waals surface area (Å²) in [5.74, 6) is -0.816. The van der Waals surface area contributed by atoms with Crippen LogP contribution in [0.1, 0.15) is 13.3 Å². The first-order chi connectivity index (χ1) is 12.4. The molecule has 140 valence electrons. The second kappa shape index (κ2) is 8.05. The molecule has 3 amide bonds. The lowest BCUT2D eigenvalue weighted by molar-refractivity contribution is -0.139. The van der Waals surface area contributed by atoms with Crippen LogP contribution in [0, 0.1) is 0 Å². The van der Waals surface area contributed by atoms with Crippen LogP contribution in [0.15, 0.2) is 24.3 Å². The highest BCUT2D eigenvalue weighted by Crippen LogP contribution is 2.21.